The normalized spacial score (nSPS) is 20.4. The summed E-state index contributed by atoms with van der Waals surface area (Å²) in [5, 5.41) is 11.0. The van der Waals surface area contributed by atoms with E-state index < -0.39 is 0 Å². The lowest BCUT2D eigenvalue weighted by molar-refractivity contribution is 0.0288. The maximum absolute atomic E-state index is 10.2. The van der Waals surface area contributed by atoms with E-state index in [0.717, 1.165) is 61.0 Å². The second-order valence-electron chi connectivity index (χ2n) is 7.50. The van der Waals surface area contributed by atoms with Crippen LogP contribution in [0.5, 0.6) is 11.5 Å². The average molecular weight is 390 g/mol. The molecule has 0 amide bonds. The van der Waals surface area contributed by atoms with Crippen molar-refractivity contribution in [1.82, 2.24) is 4.90 Å². The van der Waals surface area contributed by atoms with Crippen molar-refractivity contribution in [3.63, 3.8) is 0 Å². The largest absolute Gasteiger partial charge is 0.497 e. The van der Waals surface area contributed by atoms with Gasteiger partial charge >= 0.3 is 0 Å². The van der Waals surface area contributed by atoms with E-state index >= 15 is 0 Å². The summed E-state index contributed by atoms with van der Waals surface area (Å²) >= 11 is 6.15. The number of likely N-dealkylation sites (tertiary alicyclic amines) is 1. The van der Waals surface area contributed by atoms with Crippen LogP contribution in [0.3, 0.4) is 0 Å². The molecule has 4 nitrogen and oxygen atoms in total. The molecule has 2 aromatic carbocycles. The van der Waals surface area contributed by atoms with Gasteiger partial charge in [-0.2, -0.15) is 0 Å². The van der Waals surface area contributed by atoms with E-state index in [1.807, 2.05) is 24.3 Å². The number of hydrogen-bond acceptors (Lipinski definition) is 4. The van der Waals surface area contributed by atoms with Crippen LogP contribution in [-0.2, 0) is 13.0 Å². The SMILES string of the molecule is COc1cc(CN2CCC[C@@](CO)(Cc3cccc(Cl)c3)C2)cc(OC)c1. The quantitative estimate of drug-likeness (QED) is 0.771. The first-order chi connectivity index (χ1) is 13.1. The summed E-state index contributed by atoms with van der Waals surface area (Å²) in [5.74, 6) is 1.60. The molecular formula is C22H28ClNO3. The molecule has 1 aliphatic heterocycles. The van der Waals surface area contributed by atoms with E-state index in [1.54, 1.807) is 14.2 Å². The third-order valence-electron chi connectivity index (χ3n) is 5.36. The third-order valence-corrected chi connectivity index (χ3v) is 5.60. The lowest BCUT2D eigenvalue weighted by Gasteiger charge is -2.42. The van der Waals surface area contributed by atoms with Crippen molar-refractivity contribution < 1.29 is 14.6 Å². The maximum Gasteiger partial charge on any atom is 0.122 e. The highest BCUT2D eigenvalue weighted by molar-refractivity contribution is 6.30. The molecule has 1 saturated heterocycles. The molecule has 1 heterocycles. The summed E-state index contributed by atoms with van der Waals surface area (Å²) in [6.45, 7) is 2.87. The Morgan fingerprint density at radius 3 is 2.44 bits per heavy atom. The van der Waals surface area contributed by atoms with Gasteiger partial charge in [-0.05, 0) is 61.2 Å². The molecule has 2 aromatic rings. The van der Waals surface area contributed by atoms with Gasteiger partial charge in [0, 0.05) is 29.6 Å². The zero-order chi connectivity index (χ0) is 19.3. The van der Waals surface area contributed by atoms with Gasteiger partial charge in [0.2, 0.25) is 0 Å². The number of piperidine rings is 1. The van der Waals surface area contributed by atoms with Crippen molar-refractivity contribution in [1.29, 1.82) is 0 Å². The van der Waals surface area contributed by atoms with Gasteiger partial charge in [0.15, 0.2) is 0 Å². The minimum Gasteiger partial charge on any atom is -0.497 e. The lowest BCUT2D eigenvalue weighted by Crippen LogP contribution is -2.46. The maximum atomic E-state index is 10.2. The first-order valence-corrected chi connectivity index (χ1v) is 9.73. The second kappa shape index (κ2) is 8.96. The van der Waals surface area contributed by atoms with E-state index in [-0.39, 0.29) is 12.0 Å². The second-order valence-corrected chi connectivity index (χ2v) is 7.94. The first kappa shape index (κ1) is 20.0. The molecule has 1 aliphatic rings. The molecule has 0 saturated carbocycles. The van der Waals surface area contributed by atoms with E-state index in [9.17, 15) is 5.11 Å². The topological polar surface area (TPSA) is 41.9 Å². The van der Waals surface area contributed by atoms with Crippen LogP contribution >= 0.6 is 11.6 Å². The van der Waals surface area contributed by atoms with Crippen molar-refractivity contribution in [2.75, 3.05) is 33.9 Å². The molecular weight excluding hydrogens is 362 g/mol. The molecule has 0 spiro atoms. The van der Waals surface area contributed by atoms with Crippen molar-refractivity contribution in [2.45, 2.75) is 25.8 Å². The number of aliphatic hydroxyl groups is 1. The Bertz CT molecular complexity index is 745. The van der Waals surface area contributed by atoms with Crippen LogP contribution in [0, 0.1) is 5.41 Å². The third kappa shape index (κ3) is 5.16. The van der Waals surface area contributed by atoms with Crippen molar-refractivity contribution in [3.8, 4) is 11.5 Å². The van der Waals surface area contributed by atoms with Crippen molar-refractivity contribution >= 4 is 11.6 Å². The van der Waals surface area contributed by atoms with E-state index in [0.29, 0.717) is 0 Å². The molecule has 0 bridgehead atoms. The zero-order valence-electron chi connectivity index (χ0n) is 16.1. The molecule has 0 aliphatic carbocycles. The molecule has 1 atom stereocenters. The summed E-state index contributed by atoms with van der Waals surface area (Å²) in [6, 6.07) is 14.0. The molecule has 146 valence electrons. The van der Waals surface area contributed by atoms with Gasteiger partial charge in [0.25, 0.3) is 0 Å². The van der Waals surface area contributed by atoms with Gasteiger partial charge < -0.3 is 14.6 Å². The fraction of sp³-hybridized carbons (Fsp3) is 0.455. The van der Waals surface area contributed by atoms with Gasteiger partial charge in [-0.25, -0.2) is 0 Å². The molecule has 1 fully saturated rings. The monoisotopic (exact) mass is 389 g/mol. The number of rotatable bonds is 7. The van der Waals surface area contributed by atoms with Gasteiger partial charge in [-0.3, -0.25) is 4.90 Å². The molecule has 1 N–H and O–H groups in total. The summed E-state index contributed by atoms with van der Waals surface area (Å²) in [5.41, 5.74) is 2.20. The lowest BCUT2D eigenvalue weighted by atomic mass is 9.75. The number of halogens is 1. The number of benzene rings is 2. The number of nitrogens with zero attached hydrogens (tertiary/aromatic N) is 1. The Hall–Kier alpha value is -1.75. The summed E-state index contributed by atoms with van der Waals surface area (Å²) < 4.78 is 10.8. The van der Waals surface area contributed by atoms with Crippen LogP contribution in [0.2, 0.25) is 5.02 Å². The van der Waals surface area contributed by atoms with Gasteiger partial charge in [0.05, 0.1) is 20.8 Å². The molecule has 3 rings (SSSR count). The van der Waals surface area contributed by atoms with Gasteiger partial charge in [-0.15, -0.1) is 0 Å². The zero-order valence-corrected chi connectivity index (χ0v) is 16.8. The minimum atomic E-state index is -0.133. The van der Waals surface area contributed by atoms with Crippen LogP contribution < -0.4 is 9.47 Å². The predicted molar refractivity (Wildman–Crippen MR) is 109 cm³/mol. The van der Waals surface area contributed by atoms with Gasteiger partial charge in [0.1, 0.15) is 11.5 Å². The Morgan fingerprint density at radius 1 is 1.07 bits per heavy atom. The Balaban J connectivity index is 1.74. The minimum absolute atomic E-state index is 0.133. The fourth-order valence-electron chi connectivity index (χ4n) is 4.07. The molecule has 27 heavy (non-hydrogen) atoms. The van der Waals surface area contributed by atoms with E-state index in [2.05, 4.69) is 23.1 Å². The number of hydrogen-bond donors (Lipinski definition) is 1. The molecule has 5 heteroatoms. The Morgan fingerprint density at radius 2 is 1.81 bits per heavy atom. The van der Waals surface area contributed by atoms with Crippen molar-refractivity contribution in [2.24, 2.45) is 5.41 Å². The smallest absolute Gasteiger partial charge is 0.122 e. The van der Waals surface area contributed by atoms with Crippen LogP contribution in [0.4, 0.5) is 0 Å². The van der Waals surface area contributed by atoms with Crippen LogP contribution in [0.1, 0.15) is 24.0 Å². The summed E-state index contributed by atoms with van der Waals surface area (Å²) in [7, 11) is 3.34. The number of aliphatic hydroxyl groups excluding tert-OH is 1. The van der Waals surface area contributed by atoms with Crippen LogP contribution in [0.25, 0.3) is 0 Å². The fourth-order valence-corrected chi connectivity index (χ4v) is 4.28. The standard InChI is InChI=1S/C22H28ClNO3/c1-26-20-10-18(11-21(12-20)27-2)14-24-8-4-7-22(15-24,16-25)13-17-5-3-6-19(23)9-17/h3,5-6,9-12,25H,4,7-8,13-16H2,1-2H3/t22-/m1/s1. The predicted octanol–water partition coefficient (Wildman–Crippen LogP) is 4.17. The highest BCUT2D eigenvalue weighted by Crippen LogP contribution is 2.35. The highest BCUT2D eigenvalue weighted by atomic mass is 35.5. The first-order valence-electron chi connectivity index (χ1n) is 9.35. The summed E-state index contributed by atoms with van der Waals surface area (Å²) in [4.78, 5) is 2.42. The van der Waals surface area contributed by atoms with Gasteiger partial charge in [-0.1, -0.05) is 23.7 Å². The molecule has 0 radical (unpaired) electrons. The molecule has 0 unspecified atom stereocenters. The number of ether oxygens (including phenoxy) is 2. The average Bonchev–Trinajstić information content (AvgIpc) is 2.68. The van der Waals surface area contributed by atoms with Crippen LogP contribution in [0.15, 0.2) is 42.5 Å². The molecule has 0 aromatic heterocycles. The van der Waals surface area contributed by atoms with E-state index in [4.69, 9.17) is 21.1 Å². The Labute approximate surface area is 166 Å². The summed E-state index contributed by atoms with van der Waals surface area (Å²) in [6.07, 6.45) is 2.93. The Kier molecular flexibility index (Phi) is 6.64. The van der Waals surface area contributed by atoms with E-state index in [1.165, 1.54) is 5.56 Å². The number of methoxy groups -OCH3 is 2. The van der Waals surface area contributed by atoms with Crippen molar-refractivity contribution in [3.05, 3.63) is 58.6 Å². The highest BCUT2D eigenvalue weighted by Gasteiger charge is 2.35. The van der Waals surface area contributed by atoms with Crippen LogP contribution in [-0.4, -0.2) is 43.9 Å².